The molecular formula is C12H23N3O2. The first-order valence-corrected chi connectivity index (χ1v) is 6.41. The van der Waals surface area contributed by atoms with E-state index in [-0.39, 0.29) is 24.2 Å². The van der Waals surface area contributed by atoms with E-state index in [1.54, 1.807) is 0 Å². The van der Waals surface area contributed by atoms with Gasteiger partial charge in [-0.1, -0.05) is 24.9 Å². The highest BCUT2D eigenvalue weighted by molar-refractivity contribution is 5.98. The third kappa shape index (κ3) is 5.06. The second-order valence-electron chi connectivity index (χ2n) is 4.84. The lowest BCUT2D eigenvalue weighted by Crippen LogP contribution is -2.39. The predicted octanol–water partition coefficient (Wildman–Crippen LogP) is 1.60. The maximum absolute atomic E-state index is 11.5. The fourth-order valence-corrected chi connectivity index (χ4v) is 2.48. The number of amides is 1. The Labute approximate surface area is 102 Å². The average molecular weight is 241 g/mol. The maximum Gasteiger partial charge on any atom is 0.227 e. The topological polar surface area (TPSA) is 87.7 Å². The number of nitrogens with zero attached hydrogens (tertiary/aromatic N) is 1. The largest absolute Gasteiger partial charge is 0.409 e. The molecule has 0 radical (unpaired) electrons. The number of carbonyl (C=O) groups is 1. The number of hydrogen-bond donors (Lipinski definition) is 3. The number of rotatable bonds is 5. The summed E-state index contributed by atoms with van der Waals surface area (Å²) in [5.41, 5.74) is 5.28. The second-order valence-corrected chi connectivity index (χ2v) is 4.84. The summed E-state index contributed by atoms with van der Waals surface area (Å²) in [4.78, 5) is 11.5. The minimum Gasteiger partial charge on any atom is -0.409 e. The molecule has 1 amide bonds. The van der Waals surface area contributed by atoms with Crippen molar-refractivity contribution in [3.05, 3.63) is 0 Å². The lowest BCUT2D eigenvalue weighted by Gasteiger charge is -2.28. The van der Waals surface area contributed by atoms with E-state index in [1.807, 2.05) is 0 Å². The van der Waals surface area contributed by atoms with Crippen molar-refractivity contribution in [1.29, 1.82) is 0 Å². The van der Waals surface area contributed by atoms with Crippen molar-refractivity contribution >= 4 is 11.7 Å². The van der Waals surface area contributed by atoms with Crippen molar-refractivity contribution < 1.29 is 10.0 Å². The Balaban J connectivity index is 2.23. The molecule has 0 heterocycles. The molecule has 1 fully saturated rings. The molecule has 0 aromatic carbocycles. The number of oxime groups is 1. The van der Waals surface area contributed by atoms with Gasteiger partial charge < -0.3 is 16.3 Å². The van der Waals surface area contributed by atoms with Gasteiger partial charge in [-0.2, -0.15) is 0 Å². The van der Waals surface area contributed by atoms with Crippen molar-refractivity contribution in [2.45, 2.75) is 57.9 Å². The number of hydrogen-bond acceptors (Lipinski definition) is 3. The van der Waals surface area contributed by atoms with Crippen molar-refractivity contribution in [1.82, 2.24) is 5.32 Å². The third-order valence-electron chi connectivity index (χ3n) is 3.38. The van der Waals surface area contributed by atoms with Crippen LogP contribution in [0, 0.1) is 5.92 Å². The van der Waals surface area contributed by atoms with Crippen LogP contribution in [0.5, 0.6) is 0 Å². The smallest absolute Gasteiger partial charge is 0.227 e. The van der Waals surface area contributed by atoms with Crippen LogP contribution in [0.15, 0.2) is 5.16 Å². The molecule has 0 aliphatic heterocycles. The SMILES string of the molecule is CCCC1CCC(NC(=O)CC(N)=NO)CC1. The van der Waals surface area contributed by atoms with Gasteiger partial charge in [0.1, 0.15) is 5.84 Å². The molecule has 5 nitrogen and oxygen atoms in total. The van der Waals surface area contributed by atoms with Gasteiger partial charge in [0.25, 0.3) is 0 Å². The molecule has 4 N–H and O–H groups in total. The van der Waals surface area contributed by atoms with Gasteiger partial charge in [0.2, 0.25) is 5.91 Å². The molecule has 1 aliphatic rings. The summed E-state index contributed by atoms with van der Waals surface area (Å²) in [5, 5.41) is 14.1. The van der Waals surface area contributed by atoms with Crippen LogP contribution in [0.3, 0.4) is 0 Å². The summed E-state index contributed by atoms with van der Waals surface area (Å²) in [6.45, 7) is 2.21. The van der Waals surface area contributed by atoms with E-state index in [9.17, 15) is 4.79 Å². The van der Waals surface area contributed by atoms with Crippen LogP contribution in [0.25, 0.3) is 0 Å². The van der Waals surface area contributed by atoms with E-state index in [0.29, 0.717) is 0 Å². The predicted molar refractivity (Wildman–Crippen MR) is 66.8 cm³/mol. The van der Waals surface area contributed by atoms with Gasteiger partial charge >= 0.3 is 0 Å². The average Bonchev–Trinajstić information content (AvgIpc) is 2.31. The highest BCUT2D eigenvalue weighted by Crippen LogP contribution is 2.27. The Kier molecular flexibility index (Phi) is 5.80. The summed E-state index contributed by atoms with van der Waals surface area (Å²) >= 11 is 0. The lowest BCUT2D eigenvalue weighted by molar-refractivity contribution is -0.120. The van der Waals surface area contributed by atoms with Gasteiger partial charge in [0.05, 0.1) is 6.42 Å². The fraction of sp³-hybridized carbons (Fsp3) is 0.833. The zero-order chi connectivity index (χ0) is 12.7. The van der Waals surface area contributed by atoms with E-state index >= 15 is 0 Å². The van der Waals surface area contributed by atoms with Crippen LogP contribution in [-0.2, 0) is 4.79 Å². The Morgan fingerprint density at radius 2 is 2.06 bits per heavy atom. The van der Waals surface area contributed by atoms with Gasteiger partial charge in [-0.3, -0.25) is 4.79 Å². The molecule has 5 heteroatoms. The minimum absolute atomic E-state index is 0.0224. The van der Waals surface area contributed by atoms with Crippen LogP contribution >= 0.6 is 0 Å². The first kappa shape index (κ1) is 13.8. The second kappa shape index (κ2) is 7.14. The molecule has 98 valence electrons. The highest BCUT2D eigenvalue weighted by atomic mass is 16.4. The summed E-state index contributed by atoms with van der Waals surface area (Å²) < 4.78 is 0. The molecule has 0 aromatic rings. The minimum atomic E-state index is -0.153. The van der Waals surface area contributed by atoms with Crippen LogP contribution in [0.4, 0.5) is 0 Å². The molecule has 1 aliphatic carbocycles. The van der Waals surface area contributed by atoms with Gasteiger partial charge in [-0.05, 0) is 31.6 Å². The van der Waals surface area contributed by atoms with Crippen molar-refractivity contribution in [3.8, 4) is 0 Å². The maximum atomic E-state index is 11.5. The summed E-state index contributed by atoms with van der Waals surface area (Å²) in [6, 6.07) is 0.266. The van der Waals surface area contributed by atoms with E-state index in [0.717, 1.165) is 18.8 Å². The number of amidine groups is 1. The number of nitrogens with two attached hydrogens (primary N) is 1. The third-order valence-corrected chi connectivity index (χ3v) is 3.38. The first-order valence-electron chi connectivity index (χ1n) is 6.41. The van der Waals surface area contributed by atoms with Crippen molar-refractivity contribution in [2.75, 3.05) is 0 Å². The van der Waals surface area contributed by atoms with Gasteiger partial charge in [0.15, 0.2) is 0 Å². The molecular weight excluding hydrogens is 218 g/mol. The molecule has 1 saturated carbocycles. The van der Waals surface area contributed by atoms with E-state index < -0.39 is 0 Å². The summed E-state index contributed by atoms with van der Waals surface area (Å²) in [7, 11) is 0. The molecule has 0 aromatic heterocycles. The zero-order valence-electron chi connectivity index (χ0n) is 10.5. The van der Waals surface area contributed by atoms with E-state index in [4.69, 9.17) is 10.9 Å². The Morgan fingerprint density at radius 1 is 1.41 bits per heavy atom. The van der Waals surface area contributed by atoms with Crippen LogP contribution in [0.2, 0.25) is 0 Å². The van der Waals surface area contributed by atoms with Crippen molar-refractivity contribution in [3.63, 3.8) is 0 Å². The normalized spacial score (nSPS) is 25.6. The molecule has 0 saturated heterocycles. The molecule has 0 unspecified atom stereocenters. The summed E-state index contributed by atoms with van der Waals surface area (Å²) in [6.07, 6.45) is 7.01. The zero-order valence-corrected chi connectivity index (χ0v) is 10.5. The Morgan fingerprint density at radius 3 is 2.59 bits per heavy atom. The molecule has 17 heavy (non-hydrogen) atoms. The summed E-state index contributed by atoms with van der Waals surface area (Å²) in [5.74, 6) is 0.638. The molecule has 0 bridgehead atoms. The monoisotopic (exact) mass is 241 g/mol. The Bertz CT molecular complexity index is 271. The molecule has 0 spiro atoms. The van der Waals surface area contributed by atoms with Crippen molar-refractivity contribution in [2.24, 2.45) is 16.8 Å². The quantitative estimate of drug-likeness (QED) is 0.296. The Hall–Kier alpha value is -1.26. The standard InChI is InChI=1S/C12H23N3O2/c1-2-3-9-4-6-10(7-5-9)14-12(16)8-11(13)15-17/h9-10,17H,2-8H2,1H3,(H2,13,15)(H,14,16). The van der Waals surface area contributed by atoms with Gasteiger partial charge in [-0.15, -0.1) is 0 Å². The molecule has 0 atom stereocenters. The van der Waals surface area contributed by atoms with Crippen LogP contribution < -0.4 is 11.1 Å². The van der Waals surface area contributed by atoms with Crippen LogP contribution in [-0.4, -0.2) is 23.0 Å². The first-order chi connectivity index (χ1) is 8.15. The number of carbonyl (C=O) groups excluding carboxylic acids is 1. The van der Waals surface area contributed by atoms with E-state index in [2.05, 4.69) is 17.4 Å². The highest BCUT2D eigenvalue weighted by Gasteiger charge is 2.21. The van der Waals surface area contributed by atoms with Gasteiger partial charge in [-0.25, -0.2) is 0 Å². The van der Waals surface area contributed by atoms with E-state index in [1.165, 1.54) is 25.7 Å². The lowest BCUT2D eigenvalue weighted by atomic mass is 9.83. The fourth-order valence-electron chi connectivity index (χ4n) is 2.48. The van der Waals surface area contributed by atoms with Gasteiger partial charge in [0, 0.05) is 6.04 Å². The number of nitrogens with one attached hydrogen (secondary N) is 1. The molecule has 1 rings (SSSR count). The van der Waals surface area contributed by atoms with Crippen LogP contribution in [0.1, 0.15) is 51.9 Å².